The van der Waals surface area contributed by atoms with Gasteiger partial charge in [0, 0.05) is 24.8 Å². The van der Waals surface area contributed by atoms with E-state index in [1.165, 1.54) is 11.3 Å². The summed E-state index contributed by atoms with van der Waals surface area (Å²) >= 11 is 1.21. The van der Waals surface area contributed by atoms with Crippen LogP contribution in [0.2, 0.25) is 0 Å². The lowest BCUT2D eigenvalue weighted by Crippen LogP contribution is -2.50. The van der Waals surface area contributed by atoms with Crippen LogP contribution in [0.15, 0.2) is 52.1 Å². The van der Waals surface area contributed by atoms with Crippen molar-refractivity contribution in [2.24, 2.45) is 0 Å². The molecule has 1 aliphatic heterocycles. The van der Waals surface area contributed by atoms with Crippen molar-refractivity contribution in [1.82, 2.24) is 9.62 Å². The lowest BCUT2D eigenvalue weighted by atomic mass is 10.0. The SMILES string of the molecule is C[C@@H](C(=O)Nc1ccccc1)N1CCC(NS(=O)(=O)c2cccs2)CC1. The van der Waals surface area contributed by atoms with E-state index in [0.29, 0.717) is 30.1 Å². The number of thiophene rings is 1. The molecule has 2 aromatic rings. The zero-order valence-corrected chi connectivity index (χ0v) is 16.2. The third-order valence-electron chi connectivity index (χ3n) is 4.58. The van der Waals surface area contributed by atoms with Gasteiger partial charge in [-0.1, -0.05) is 24.3 Å². The number of sulfonamides is 1. The largest absolute Gasteiger partial charge is 0.325 e. The fourth-order valence-electron chi connectivity index (χ4n) is 3.03. The number of carbonyl (C=O) groups excluding carboxylic acids is 1. The van der Waals surface area contributed by atoms with E-state index in [2.05, 4.69) is 14.9 Å². The number of hydrogen-bond donors (Lipinski definition) is 2. The van der Waals surface area contributed by atoms with Crippen molar-refractivity contribution >= 4 is 33.0 Å². The molecular weight excluding hydrogens is 370 g/mol. The van der Waals surface area contributed by atoms with Crippen LogP contribution < -0.4 is 10.0 Å². The van der Waals surface area contributed by atoms with Crippen LogP contribution in [0.3, 0.4) is 0 Å². The number of piperidine rings is 1. The van der Waals surface area contributed by atoms with Gasteiger partial charge in [-0.2, -0.15) is 0 Å². The van der Waals surface area contributed by atoms with Crippen LogP contribution in [0.4, 0.5) is 5.69 Å². The molecule has 3 rings (SSSR count). The standard InChI is InChI=1S/C18H23N3O3S2/c1-14(18(22)19-15-6-3-2-4-7-15)21-11-9-16(10-12-21)20-26(23,24)17-8-5-13-25-17/h2-8,13-14,16,20H,9-12H2,1H3,(H,19,22)/t14-/m0/s1. The summed E-state index contributed by atoms with van der Waals surface area (Å²) in [5.41, 5.74) is 0.781. The molecule has 0 saturated carbocycles. The van der Waals surface area contributed by atoms with E-state index in [1.54, 1.807) is 17.5 Å². The van der Waals surface area contributed by atoms with Crippen molar-refractivity contribution in [2.45, 2.75) is 36.1 Å². The minimum Gasteiger partial charge on any atom is -0.325 e. The zero-order valence-electron chi connectivity index (χ0n) is 14.6. The fourth-order valence-corrected chi connectivity index (χ4v) is 5.35. The van der Waals surface area contributed by atoms with Crippen LogP contribution in [-0.2, 0) is 14.8 Å². The minimum atomic E-state index is -3.44. The molecule has 0 radical (unpaired) electrons. The quantitative estimate of drug-likeness (QED) is 0.790. The van der Waals surface area contributed by atoms with Gasteiger partial charge in [0.05, 0.1) is 6.04 Å². The number of carbonyl (C=O) groups is 1. The number of benzene rings is 1. The third kappa shape index (κ3) is 4.70. The highest BCUT2D eigenvalue weighted by Crippen LogP contribution is 2.20. The Hall–Kier alpha value is -1.74. The molecule has 2 heterocycles. The van der Waals surface area contributed by atoms with Gasteiger partial charge in [0.1, 0.15) is 4.21 Å². The molecule has 0 spiro atoms. The van der Waals surface area contributed by atoms with Crippen molar-refractivity contribution in [3.8, 4) is 0 Å². The Morgan fingerprint density at radius 2 is 1.85 bits per heavy atom. The molecule has 26 heavy (non-hydrogen) atoms. The molecule has 1 fully saturated rings. The summed E-state index contributed by atoms with van der Waals surface area (Å²) in [4.78, 5) is 14.5. The van der Waals surface area contributed by atoms with Crippen molar-refractivity contribution in [2.75, 3.05) is 18.4 Å². The topological polar surface area (TPSA) is 78.5 Å². The number of anilines is 1. The summed E-state index contributed by atoms with van der Waals surface area (Å²) in [6.07, 6.45) is 1.38. The summed E-state index contributed by atoms with van der Waals surface area (Å²) < 4.78 is 27.7. The maximum Gasteiger partial charge on any atom is 0.250 e. The molecular formula is C18H23N3O3S2. The molecule has 1 aromatic heterocycles. The average Bonchev–Trinajstić information content (AvgIpc) is 3.18. The first-order valence-electron chi connectivity index (χ1n) is 8.61. The number of nitrogens with zero attached hydrogens (tertiary/aromatic N) is 1. The number of rotatable bonds is 6. The fraction of sp³-hybridized carbons (Fsp3) is 0.389. The van der Waals surface area contributed by atoms with E-state index >= 15 is 0 Å². The Morgan fingerprint density at radius 3 is 2.46 bits per heavy atom. The minimum absolute atomic E-state index is 0.0474. The second kappa shape index (κ2) is 8.30. The van der Waals surface area contributed by atoms with Crippen LogP contribution in [0.1, 0.15) is 19.8 Å². The number of para-hydroxylation sites is 1. The molecule has 1 saturated heterocycles. The van der Waals surface area contributed by atoms with Gasteiger partial charge in [-0.3, -0.25) is 9.69 Å². The van der Waals surface area contributed by atoms with E-state index in [1.807, 2.05) is 37.3 Å². The van der Waals surface area contributed by atoms with Crippen molar-refractivity contribution in [3.63, 3.8) is 0 Å². The molecule has 8 heteroatoms. The Balaban J connectivity index is 1.51. The van der Waals surface area contributed by atoms with E-state index in [9.17, 15) is 13.2 Å². The van der Waals surface area contributed by atoms with E-state index < -0.39 is 10.0 Å². The summed E-state index contributed by atoms with van der Waals surface area (Å²) in [5, 5.41) is 4.67. The van der Waals surface area contributed by atoms with Crippen LogP contribution in [0, 0.1) is 0 Å². The number of likely N-dealkylation sites (tertiary alicyclic amines) is 1. The predicted molar refractivity (Wildman–Crippen MR) is 104 cm³/mol. The van der Waals surface area contributed by atoms with Crippen LogP contribution in [-0.4, -0.2) is 44.4 Å². The molecule has 0 aliphatic carbocycles. The molecule has 2 N–H and O–H groups in total. The predicted octanol–water partition coefficient (Wildman–Crippen LogP) is 2.52. The van der Waals surface area contributed by atoms with Gasteiger partial charge in [0.25, 0.3) is 0 Å². The molecule has 1 amide bonds. The van der Waals surface area contributed by atoms with Crippen LogP contribution >= 0.6 is 11.3 Å². The number of hydrogen-bond acceptors (Lipinski definition) is 5. The molecule has 6 nitrogen and oxygen atoms in total. The van der Waals surface area contributed by atoms with Crippen LogP contribution in [0.25, 0.3) is 0 Å². The van der Waals surface area contributed by atoms with Gasteiger partial charge in [0.2, 0.25) is 15.9 Å². The Kier molecular flexibility index (Phi) is 6.08. The average molecular weight is 394 g/mol. The van der Waals surface area contributed by atoms with Gasteiger partial charge >= 0.3 is 0 Å². The highest BCUT2D eigenvalue weighted by atomic mass is 32.2. The summed E-state index contributed by atoms with van der Waals surface area (Å²) in [7, 11) is -3.44. The van der Waals surface area contributed by atoms with E-state index in [-0.39, 0.29) is 18.0 Å². The first kappa shape index (κ1) is 19.0. The molecule has 0 unspecified atom stereocenters. The zero-order chi connectivity index (χ0) is 18.6. The highest BCUT2D eigenvalue weighted by molar-refractivity contribution is 7.91. The van der Waals surface area contributed by atoms with Gasteiger partial charge in [-0.25, -0.2) is 13.1 Å². The molecule has 0 bridgehead atoms. The third-order valence-corrected chi connectivity index (χ3v) is 7.50. The summed E-state index contributed by atoms with van der Waals surface area (Å²) in [6, 6.07) is 12.4. The van der Waals surface area contributed by atoms with E-state index in [4.69, 9.17) is 0 Å². The normalized spacial score (nSPS) is 17.7. The monoisotopic (exact) mass is 393 g/mol. The van der Waals surface area contributed by atoms with Gasteiger partial charge in [-0.15, -0.1) is 11.3 Å². The van der Waals surface area contributed by atoms with Gasteiger partial charge in [-0.05, 0) is 43.3 Å². The van der Waals surface area contributed by atoms with Crippen molar-refractivity contribution in [3.05, 3.63) is 47.8 Å². The second-order valence-corrected chi connectivity index (χ2v) is 9.28. The van der Waals surface area contributed by atoms with Gasteiger partial charge in [0.15, 0.2) is 0 Å². The molecule has 1 aliphatic rings. The number of nitrogens with one attached hydrogen (secondary N) is 2. The molecule has 1 atom stereocenters. The first-order chi connectivity index (χ1) is 12.5. The lowest BCUT2D eigenvalue weighted by Gasteiger charge is -2.35. The Labute approximate surface area is 158 Å². The molecule has 1 aromatic carbocycles. The maximum atomic E-state index is 12.4. The van der Waals surface area contributed by atoms with Gasteiger partial charge < -0.3 is 5.32 Å². The second-order valence-electron chi connectivity index (χ2n) is 6.39. The Bertz CT molecular complexity index is 815. The summed E-state index contributed by atoms with van der Waals surface area (Å²) in [5.74, 6) is -0.0474. The van der Waals surface area contributed by atoms with Crippen molar-refractivity contribution in [1.29, 1.82) is 0 Å². The highest BCUT2D eigenvalue weighted by Gasteiger charge is 2.29. The molecule has 140 valence electrons. The number of amides is 1. The first-order valence-corrected chi connectivity index (χ1v) is 11.0. The van der Waals surface area contributed by atoms with E-state index in [0.717, 1.165) is 5.69 Å². The smallest absolute Gasteiger partial charge is 0.250 e. The Morgan fingerprint density at radius 1 is 1.15 bits per heavy atom. The summed E-state index contributed by atoms with van der Waals surface area (Å²) in [6.45, 7) is 3.25. The van der Waals surface area contributed by atoms with Crippen molar-refractivity contribution < 1.29 is 13.2 Å². The lowest BCUT2D eigenvalue weighted by molar-refractivity contribution is -0.121. The van der Waals surface area contributed by atoms with Crippen LogP contribution in [0.5, 0.6) is 0 Å². The maximum absolute atomic E-state index is 12.4.